The number of amides is 2. The minimum atomic E-state index is -0.564. The molecule has 0 saturated carbocycles. The van der Waals surface area contributed by atoms with Crippen molar-refractivity contribution >= 4 is 11.8 Å². The molecule has 2 aromatic carbocycles. The molecule has 0 unspecified atom stereocenters. The summed E-state index contributed by atoms with van der Waals surface area (Å²) in [5.74, 6) is -1.06. The third kappa shape index (κ3) is 4.68. The lowest BCUT2D eigenvalue weighted by atomic mass is 10.1. The summed E-state index contributed by atoms with van der Waals surface area (Å²) in [7, 11) is 0. The number of carbonyl (C=O) groups excluding carboxylic acids is 2. The Morgan fingerprint density at radius 2 is 1.65 bits per heavy atom. The fourth-order valence-electron chi connectivity index (χ4n) is 2.33. The molecule has 0 saturated heterocycles. The molecule has 0 radical (unpaired) electrons. The first-order valence-electron chi connectivity index (χ1n) is 7.77. The van der Waals surface area contributed by atoms with Crippen LogP contribution in [0.15, 0.2) is 54.6 Å². The minimum absolute atomic E-state index is 0.361. The quantitative estimate of drug-likeness (QED) is 0.863. The number of benzene rings is 2. The van der Waals surface area contributed by atoms with Gasteiger partial charge < -0.3 is 10.2 Å². The molecule has 0 heterocycles. The summed E-state index contributed by atoms with van der Waals surface area (Å²) in [6.45, 7) is 5.14. The van der Waals surface area contributed by atoms with Gasteiger partial charge in [-0.05, 0) is 30.5 Å². The monoisotopic (exact) mass is 310 g/mol. The molecular formula is C19H22N2O2. The Kier molecular flexibility index (Phi) is 5.92. The summed E-state index contributed by atoms with van der Waals surface area (Å²) in [4.78, 5) is 26.0. The maximum atomic E-state index is 12.3. The molecule has 0 aliphatic carbocycles. The van der Waals surface area contributed by atoms with Crippen LogP contribution < -0.4 is 5.32 Å². The maximum Gasteiger partial charge on any atom is 0.312 e. The van der Waals surface area contributed by atoms with E-state index >= 15 is 0 Å². The molecule has 4 heteroatoms. The van der Waals surface area contributed by atoms with Crippen LogP contribution in [0.3, 0.4) is 0 Å². The van der Waals surface area contributed by atoms with Crippen molar-refractivity contribution in [2.24, 2.45) is 0 Å². The Balaban J connectivity index is 1.95. The van der Waals surface area contributed by atoms with E-state index in [1.165, 1.54) is 0 Å². The number of aryl methyl sites for hydroxylation is 1. The van der Waals surface area contributed by atoms with E-state index in [1.54, 1.807) is 4.90 Å². The fraction of sp³-hybridized carbons (Fsp3) is 0.263. The Morgan fingerprint density at radius 1 is 1.00 bits per heavy atom. The van der Waals surface area contributed by atoms with E-state index in [0.29, 0.717) is 19.6 Å². The lowest BCUT2D eigenvalue weighted by Crippen LogP contribution is -2.42. The molecule has 4 nitrogen and oxygen atoms in total. The molecule has 0 aliphatic heterocycles. The highest BCUT2D eigenvalue weighted by atomic mass is 16.2. The van der Waals surface area contributed by atoms with Crippen molar-refractivity contribution in [1.29, 1.82) is 0 Å². The Morgan fingerprint density at radius 3 is 2.30 bits per heavy atom. The van der Waals surface area contributed by atoms with Crippen LogP contribution in [0.4, 0.5) is 0 Å². The number of nitrogens with zero attached hydrogens (tertiary/aromatic N) is 1. The van der Waals surface area contributed by atoms with Crippen LogP contribution in [-0.2, 0) is 22.7 Å². The third-order valence-corrected chi connectivity index (χ3v) is 3.78. The predicted octanol–water partition coefficient (Wildman–Crippen LogP) is 2.66. The van der Waals surface area contributed by atoms with E-state index in [1.807, 2.05) is 68.4 Å². The number of rotatable bonds is 5. The van der Waals surface area contributed by atoms with Crippen LogP contribution in [0.2, 0.25) is 0 Å². The average molecular weight is 310 g/mol. The summed E-state index contributed by atoms with van der Waals surface area (Å²) in [5.41, 5.74) is 3.12. The second-order valence-corrected chi connectivity index (χ2v) is 5.41. The Hall–Kier alpha value is -2.62. The van der Waals surface area contributed by atoms with Gasteiger partial charge in [0.15, 0.2) is 0 Å². The molecular weight excluding hydrogens is 288 g/mol. The first-order chi connectivity index (χ1) is 11.1. The van der Waals surface area contributed by atoms with Crippen molar-refractivity contribution < 1.29 is 9.59 Å². The molecule has 0 atom stereocenters. The van der Waals surface area contributed by atoms with E-state index < -0.39 is 11.8 Å². The van der Waals surface area contributed by atoms with Crippen LogP contribution >= 0.6 is 0 Å². The lowest BCUT2D eigenvalue weighted by Gasteiger charge is -2.20. The van der Waals surface area contributed by atoms with Gasteiger partial charge in [-0.15, -0.1) is 0 Å². The average Bonchev–Trinajstić information content (AvgIpc) is 2.59. The first-order valence-corrected chi connectivity index (χ1v) is 7.77. The Bertz CT molecular complexity index is 668. The summed E-state index contributed by atoms with van der Waals surface area (Å²) in [6, 6.07) is 17.5. The van der Waals surface area contributed by atoms with Crippen molar-refractivity contribution in [3.05, 3.63) is 71.3 Å². The van der Waals surface area contributed by atoms with Gasteiger partial charge in [-0.25, -0.2) is 0 Å². The molecule has 1 N–H and O–H groups in total. The van der Waals surface area contributed by atoms with Crippen LogP contribution in [0.1, 0.15) is 23.6 Å². The molecule has 23 heavy (non-hydrogen) atoms. The normalized spacial score (nSPS) is 10.2. The van der Waals surface area contributed by atoms with E-state index in [0.717, 1.165) is 16.7 Å². The van der Waals surface area contributed by atoms with Crippen LogP contribution in [0.5, 0.6) is 0 Å². The molecule has 0 bridgehead atoms. The molecule has 0 aromatic heterocycles. The zero-order valence-corrected chi connectivity index (χ0v) is 13.6. The topological polar surface area (TPSA) is 49.4 Å². The number of nitrogens with one attached hydrogen (secondary N) is 1. The van der Waals surface area contributed by atoms with E-state index in [-0.39, 0.29) is 0 Å². The molecule has 0 spiro atoms. The number of carbonyl (C=O) groups is 2. The molecule has 0 fully saturated rings. The zero-order chi connectivity index (χ0) is 16.7. The molecule has 0 aliphatic rings. The molecule has 2 amide bonds. The van der Waals surface area contributed by atoms with Crippen molar-refractivity contribution in [1.82, 2.24) is 10.2 Å². The molecule has 120 valence electrons. The Labute approximate surface area is 137 Å². The fourth-order valence-corrected chi connectivity index (χ4v) is 2.33. The summed E-state index contributed by atoms with van der Waals surface area (Å²) in [5, 5.41) is 2.71. The number of likely N-dealkylation sites (N-methyl/N-ethyl adjacent to an activating group) is 1. The highest BCUT2D eigenvalue weighted by molar-refractivity contribution is 6.34. The smallest absolute Gasteiger partial charge is 0.312 e. The highest BCUT2D eigenvalue weighted by Crippen LogP contribution is 2.07. The van der Waals surface area contributed by atoms with E-state index in [4.69, 9.17) is 0 Å². The number of hydrogen-bond donors (Lipinski definition) is 1. The summed E-state index contributed by atoms with van der Waals surface area (Å²) in [6.07, 6.45) is 0. The van der Waals surface area contributed by atoms with Crippen LogP contribution in [-0.4, -0.2) is 23.3 Å². The first kappa shape index (κ1) is 16.7. The second-order valence-electron chi connectivity index (χ2n) is 5.41. The van der Waals surface area contributed by atoms with Gasteiger partial charge in [0.1, 0.15) is 0 Å². The predicted molar refractivity (Wildman–Crippen MR) is 90.6 cm³/mol. The summed E-state index contributed by atoms with van der Waals surface area (Å²) >= 11 is 0. The van der Waals surface area contributed by atoms with Crippen molar-refractivity contribution in [3.63, 3.8) is 0 Å². The van der Waals surface area contributed by atoms with Crippen LogP contribution in [0.25, 0.3) is 0 Å². The minimum Gasteiger partial charge on any atom is -0.344 e. The highest BCUT2D eigenvalue weighted by Gasteiger charge is 2.20. The SMILES string of the molecule is CCN(Cc1ccccc1)C(=O)C(=O)NCc1ccccc1C. The second kappa shape index (κ2) is 8.13. The maximum absolute atomic E-state index is 12.3. The molecule has 2 rings (SSSR count). The van der Waals surface area contributed by atoms with E-state index in [9.17, 15) is 9.59 Å². The van der Waals surface area contributed by atoms with Crippen LogP contribution in [0, 0.1) is 6.92 Å². The van der Waals surface area contributed by atoms with Gasteiger partial charge in [0.25, 0.3) is 0 Å². The standard InChI is InChI=1S/C19H22N2O2/c1-3-21(14-16-10-5-4-6-11-16)19(23)18(22)20-13-17-12-8-7-9-15(17)2/h4-12H,3,13-14H2,1-2H3,(H,20,22). The number of hydrogen-bond acceptors (Lipinski definition) is 2. The lowest BCUT2D eigenvalue weighted by molar-refractivity contribution is -0.146. The molecule has 2 aromatic rings. The van der Waals surface area contributed by atoms with Crippen molar-refractivity contribution in [2.45, 2.75) is 26.9 Å². The third-order valence-electron chi connectivity index (χ3n) is 3.78. The van der Waals surface area contributed by atoms with Gasteiger partial charge >= 0.3 is 11.8 Å². The van der Waals surface area contributed by atoms with Crippen molar-refractivity contribution in [3.8, 4) is 0 Å². The van der Waals surface area contributed by atoms with Gasteiger partial charge in [0.2, 0.25) is 0 Å². The van der Waals surface area contributed by atoms with Gasteiger partial charge in [-0.3, -0.25) is 9.59 Å². The van der Waals surface area contributed by atoms with E-state index in [2.05, 4.69) is 5.32 Å². The van der Waals surface area contributed by atoms with Gasteiger partial charge in [-0.2, -0.15) is 0 Å². The summed E-state index contributed by atoms with van der Waals surface area (Å²) < 4.78 is 0. The zero-order valence-electron chi connectivity index (χ0n) is 13.6. The van der Waals surface area contributed by atoms with Gasteiger partial charge in [0, 0.05) is 19.6 Å². The largest absolute Gasteiger partial charge is 0.344 e. The van der Waals surface area contributed by atoms with Gasteiger partial charge in [-0.1, -0.05) is 54.6 Å². The van der Waals surface area contributed by atoms with Gasteiger partial charge in [0.05, 0.1) is 0 Å². The van der Waals surface area contributed by atoms with Crippen molar-refractivity contribution in [2.75, 3.05) is 6.54 Å².